The molecule has 2 aromatic heterocycles. The molecule has 4 heteroatoms. The zero-order chi connectivity index (χ0) is 13.9. The summed E-state index contributed by atoms with van der Waals surface area (Å²) in [6.45, 7) is 4.72. The molecule has 20 heavy (non-hydrogen) atoms. The summed E-state index contributed by atoms with van der Waals surface area (Å²) in [7, 11) is 0. The summed E-state index contributed by atoms with van der Waals surface area (Å²) in [4.78, 5) is 8.52. The van der Waals surface area contributed by atoms with Crippen molar-refractivity contribution in [3.63, 3.8) is 0 Å². The Morgan fingerprint density at radius 1 is 1.20 bits per heavy atom. The molecular formula is C16H22N4. The van der Waals surface area contributed by atoms with Crippen LogP contribution in [0.3, 0.4) is 0 Å². The van der Waals surface area contributed by atoms with Gasteiger partial charge < -0.3 is 5.32 Å². The van der Waals surface area contributed by atoms with E-state index >= 15 is 0 Å². The van der Waals surface area contributed by atoms with Crippen molar-refractivity contribution in [3.05, 3.63) is 37.1 Å². The van der Waals surface area contributed by atoms with Crippen LogP contribution in [0, 0.1) is 11.8 Å². The SMILES string of the molecule is CC1CCC(Nc2ccc(-n3ccnc3)nc2)CC1C. The van der Waals surface area contributed by atoms with Crippen LogP contribution in [0.25, 0.3) is 5.82 Å². The third-order valence-electron chi connectivity index (χ3n) is 4.49. The van der Waals surface area contributed by atoms with Gasteiger partial charge in [-0.3, -0.25) is 4.57 Å². The number of rotatable bonds is 3. The summed E-state index contributed by atoms with van der Waals surface area (Å²) in [6.07, 6.45) is 11.2. The first-order valence-electron chi connectivity index (χ1n) is 7.43. The Labute approximate surface area is 120 Å². The lowest BCUT2D eigenvalue weighted by Crippen LogP contribution is -2.30. The molecule has 2 aromatic rings. The predicted molar refractivity (Wildman–Crippen MR) is 80.9 cm³/mol. The molecule has 3 rings (SSSR count). The van der Waals surface area contributed by atoms with E-state index in [4.69, 9.17) is 0 Å². The van der Waals surface area contributed by atoms with E-state index in [0.29, 0.717) is 6.04 Å². The topological polar surface area (TPSA) is 42.7 Å². The molecule has 2 heterocycles. The molecule has 1 aliphatic carbocycles. The molecule has 3 atom stereocenters. The lowest BCUT2D eigenvalue weighted by atomic mass is 9.79. The van der Waals surface area contributed by atoms with E-state index < -0.39 is 0 Å². The summed E-state index contributed by atoms with van der Waals surface area (Å²) in [5, 5.41) is 3.62. The van der Waals surface area contributed by atoms with E-state index in [1.165, 1.54) is 19.3 Å². The molecule has 4 nitrogen and oxygen atoms in total. The Kier molecular flexibility index (Phi) is 3.72. The molecule has 0 radical (unpaired) electrons. The number of hydrogen-bond acceptors (Lipinski definition) is 3. The Morgan fingerprint density at radius 2 is 2.10 bits per heavy atom. The first-order chi connectivity index (χ1) is 9.72. The van der Waals surface area contributed by atoms with Crippen molar-refractivity contribution in [3.8, 4) is 5.82 Å². The summed E-state index contributed by atoms with van der Waals surface area (Å²) in [5.41, 5.74) is 1.11. The van der Waals surface area contributed by atoms with Gasteiger partial charge in [-0.15, -0.1) is 0 Å². The summed E-state index contributed by atoms with van der Waals surface area (Å²) in [5.74, 6) is 2.56. The second-order valence-electron chi connectivity index (χ2n) is 5.98. The van der Waals surface area contributed by atoms with Crippen molar-refractivity contribution in [1.82, 2.24) is 14.5 Å². The number of nitrogens with one attached hydrogen (secondary N) is 1. The fraction of sp³-hybridized carbons (Fsp3) is 0.500. The predicted octanol–water partition coefficient (Wildman–Crippen LogP) is 3.50. The van der Waals surface area contributed by atoms with Crippen LogP contribution in [-0.4, -0.2) is 20.6 Å². The normalized spacial score (nSPS) is 26.4. The zero-order valence-corrected chi connectivity index (χ0v) is 12.2. The third-order valence-corrected chi connectivity index (χ3v) is 4.49. The monoisotopic (exact) mass is 270 g/mol. The maximum absolute atomic E-state index is 4.48. The van der Waals surface area contributed by atoms with Gasteiger partial charge in [0.1, 0.15) is 12.1 Å². The molecule has 3 unspecified atom stereocenters. The van der Waals surface area contributed by atoms with Gasteiger partial charge in [-0.1, -0.05) is 13.8 Å². The molecule has 0 bridgehead atoms. The minimum atomic E-state index is 0.585. The molecular weight excluding hydrogens is 248 g/mol. The Morgan fingerprint density at radius 3 is 2.75 bits per heavy atom. The molecule has 0 amide bonds. The highest BCUT2D eigenvalue weighted by Crippen LogP contribution is 2.30. The van der Waals surface area contributed by atoms with Crippen molar-refractivity contribution in [2.75, 3.05) is 5.32 Å². The molecule has 106 valence electrons. The highest BCUT2D eigenvalue weighted by atomic mass is 15.1. The molecule has 1 N–H and O–H groups in total. The van der Waals surface area contributed by atoms with Crippen LogP contribution in [0.1, 0.15) is 33.1 Å². The molecule has 0 spiro atoms. The lowest BCUT2D eigenvalue weighted by molar-refractivity contribution is 0.261. The minimum Gasteiger partial charge on any atom is -0.381 e. The van der Waals surface area contributed by atoms with E-state index in [-0.39, 0.29) is 0 Å². The van der Waals surface area contributed by atoms with Gasteiger partial charge in [0.05, 0.1) is 11.9 Å². The number of hydrogen-bond donors (Lipinski definition) is 1. The zero-order valence-electron chi connectivity index (χ0n) is 12.2. The van der Waals surface area contributed by atoms with E-state index in [2.05, 4.69) is 35.2 Å². The standard InChI is InChI=1S/C16H22N4/c1-12-3-4-14(9-13(12)2)19-15-5-6-16(18-10-15)20-8-7-17-11-20/h5-8,10-14,19H,3-4,9H2,1-2H3. The van der Waals surface area contributed by atoms with Crippen LogP contribution in [0.2, 0.25) is 0 Å². The highest BCUT2D eigenvalue weighted by Gasteiger charge is 2.24. The van der Waals surface area contributed by atoms with Crippen LogP contribution in [0.4, 0.5) is 5.69 Å². The van der Waals surface area contributed by atoms with Crippen LogP contribution in [0.15, 0.2) is 37.1 Å². The van der Waals surface area contributed by atoms with Crippen molar-refractivity contribution in [1.29, 1.82) is 0 Å². The highest BCUT2D eigenvalue weighted by molar-refractivity contribution is 5.44. The largest absolute Gasteiger partial charge is 0.381 e. The number of imidazole rings is 1. The molecule has 0 saturated heterocycles. The Balaban J connectivity index is 1.64. The molecule has 1 saturated carbocycles. The van der Waals surface area contributed by atoms with E-state index in [1.807, 2.05) is 23.0 Å². The van der Waals surface area contributed by atoms with Gasteiger partial charge in [0.2, 0.25) is 0 Å². The number of pyridine rings is 1. The molecule has 1 fully saturated rings. The van der Waals surface area contributed by atoms with E-state index in [1.54, 1.807) is 12.5 Å². The van der Waals surface area contributed by atoms with Gasteiger partial charge in [-0.05, 0) is 43.2 Å². The average Bonchev–Trinajstić information content (AvgIpc) is 2.98. The maximum Gasteiger partial charge on any atom is 0.137 e. The first-order valence-corrected chi connectivity index (χ1v) is 7.43. The van der Waals surface area contributed by atoms with Gasteiger partial charge in [0, 0.05) is 18.4 Å². The Bertz CT molecular complexity index is 532. The van der Waals surface area contributed by atoms with Gasteiger partial charge >= 0.3 is 0 Å². The van der Waals surface area contributed by atoms with Crippen LogP contribution in [0.5, 0.6) is 0 Å². The fourth-order valence-electron chi connectivity index (χ4n) is 2.93. The van der Waals surface area contributed by atoms with Crippen molar-refractivity contribution in [2.45, 2.75) is 39.2 Å². The summed E-state index contributed by atoms with van der Waals surface area (Å²) >= 11 is 0. The van der Waals surface area contributed by atoms with Crippen molar-refractivity contribution < 1.29 is 0 Å². The smallest absolute Gasteiger partial charge is 0.137 e. The van der Waals surface area contributed by atoms with Crippen molar-refractivity contribution in [2.24, 2.45) is 11.8 Å². The second kappa shape index (κ2) is 5.65. The van der Waals surface area contributed by atoms with Crippen LogP contribution >= 0.6 is 0 Å². The Hall–Kier alpha value is -1.84. The minimum absolute atomic E-state index is 0.585. The summed E-state index contributed by atoms with van der Waals surface area (Å²) in [6, 6.07) is 4.71. The van der Waals surface area contributed by atoms with Crippen molar-refractivity contribution >= 4 is 5.69 Å². The van der Waals surface area contributed by atoms with Crippen LogP contribution < -0.4 is 5.32 Å². The number of anilines is 1. The van der Waals surface area contributed by atoms with Gasteiger partial charge in [0.25, 0.3) is 0 Å². The van der Waals surface area contributed by atoms with Gasteiger partial charge in [-0.2, -0.15) is 0 Å². The van der Waals surface area contributed by atoms with Gasteiger partial charge in [0.15, 0.2) is 0 Å². The quantitative estimate of drug-likeness (QED) is 0.928. The molecule has 0 aromatic carbocycles. The number of nitrogens with zero attached hydrogens (tertiary/aromatic N) is 3. The molecule has 1 aliphatic rings. The second-order valence-corrected chi connectivity index (χ2v) is 5.98. The van der Waals surface area contributed by atoms with Crippen LogP contribution in [-0.2, 0) is 0 Å². The van der Waals surface area contributed by atoms with E-state index in [0.717, 1.165) is 23.3 Å². The van der Waals surface area contributed by atoms with E-state index in [9.17, 15) is 0 Å². The third kappa shape index (κ3) is 2.84. The first kappa shape index (κ1) is 13.2. The van der Waals surface area contributed by atoms with Gasteiger partial charge in [-0.25, -0.2) is 9.97 Å². The lowest BCUT2D eigenvalue weighted by Gasteiger charge is -2.33. The summed E-state index contributed by atoms with van der Waals surface area (Å²) < 4.78 is 1.91. The maximum atomic E-state index is 4.48. The molecule has 0 aliphatic heterocycles. The number of aromatic nitrogens is 3. The average molecular weight is 270 g/mol. The fourth-order valence-corrected chi connectivity index (χ4v) is 2.93.